The summed E-state index contributed by atoms with van der Waals surface area (Å²) in [4.78, 5) is 11.3. The zero-order chi connectivity index (χ0) is 11.4. The van der Waals surface area contributed by atoms with E-state index in [1.54, 1.807) is 6.92 Å². The van der Waals surface area contributed by atoms with Crippen LogP contribution >= 0.6 is 0 Å². The van der Waals surface area contributed by atoms with Crippen molar-refractivity contribution in [3.05, 3.63) is 34.9 Å². The second kappa shape index (κ2) is 5.08. The molecule has 0 aromatic heterocycles. The zero-order valence-electron chi connectivity index (χ0n) is 9.92. The topological polar surface area (TPSA) is 29.1 Å². The van der Waals surface area contributed by atoms with Crippen molar-refractivity contribution in [3.63, 3.8) is 0 Å². The van der Waals surface area contributed by atoms with Crippen LogP contribution in [0.4, 0.5) is 0 Å². The van der Waals surface area contributed by atoms with E-state index in [4.69, 9.17) is 0 Å². The zero-order valence-corrected chi connectivity index (χ0v) is 9.92. The van der Waals surface area contributed by atoms with Gasteiger partial charge < -0.3 is 5.32 Å². The summed E-state index contributed by atoms with van der Waals surface area (Å²) in [7, 11) is 1.83. The van der Waals surface area contributed by atoms with Crippen molar-refractivity contribution in [2.24, 2.45) is 0 Å². The molecule has 1 aromatic carbocycles. The van der Waals surface area contributed by atoms with Crippen LogP contribution in [0.1, 0.15) is 23.6 Å². The minimum atomic E-state index is -0.0629. The molecule has 1 aromatic rings. The number of rotatable bonds is 4. The summed E-state index contributed by atoms with van der Waals surface area (Å²) in [5.74, 6) is 0.190. The molecule has 0 heterocycles. The lowest BCUT2D eigenvalue weighted by Gasteiger charge is -2.13. The average Bonchev–Trinajstić information content (AvgIpc) is 2.19. The monoisotopic (exact) mass is 205 g/mol. The Morgan fingerprint density at radius 2 is 2.00 bits per heavy atom. The molecule has 2 heteroatoms. The normalized spacial score (nSPS) is 12.5. The number of nitrogens with one attached hydrogen (secondary N) is 1. The van der Waals surface area contributed by atoms with E-state index in [9.17, 15) is 4.79 Å². The maximum absolute atomic E-state index is 11.3. The Bertz CT molecular complexity index is 358. The van der Waals surface area contributed by atoms with Crippen LogP contribution in [0.2, 0.25) is 0 Å². The molecule has 1 unspecified atom stereocenters. The Kier molecular flexibility index (Phi) is 4.04. The molecule has 2 nitrogen and oxygen atoms in total. The molecule has 0 aliphatic rings. The first-order valence-electron chi connectivity index (χ1n) is 5.28. The van der Waals surface area contributed by atoms with Gasteiger partial charge in [0.05, 0.1) is 6.04 Å². The van der Waals surface area contributed by atoms with Gasteiger partial charge >= 0.3 is 0 Å². The molecule has 0 radical (unpaired) electrons. The van der Waals surface area contributed by atoms with Crippen molar-refractivity contribution < 1.29 is 4.79 Å². The third kappa shape index (κ3) is 3.17. The number of benzene rings is 1. The number of hydrogen-bond acceptors (Lipinski definition) is 2. The molecule has 0 saturated heterocycles. The van der Waals surface area contributed by atoms with Gasteiger partial charge in [-0.2, -0.15) is 0 Å². The molecule has 1 rings (SSSR count). The van der Waals surface area contributed by atoms with Gasteiger partial charge in [-0.25, -0.2) is 0 Å². The Morgan fingerprint density at radius 3 is 2.47 bits per heavy atom. The van der Waals surface area contributed by atoms with Gasteiger partial charge in [0.15, 0.2) is 0 Å². The van der Waals surface area contributed by atoms with Crippen LogP contribution in [0, 0.1) is 13.8 Å². The molecule has 82 valence electrons. The largest absolute Gasteiger partial charge is 0.310 e. The van der Waals surface area contributed by atoms with E-state index in [-0.39, 0.29) is 11.8 Å². The molecule has 0 aliphatic carbocycles. The molecule has 0 amide bonds. The molecule has 0 fully saturated rings. The molecule has 0 spiro atoms. The SMILES string of the molecule is CNC(Cc1ccc(C)c(C)c1)C(C)=O. The third-order valence-corrected chi connectivity index (χ3v) is 2.85. The Balaban J connectivity index is 2.80. The number of likely N-dealkylation sites (N-methyl/N-ethyl adjacent to an activating group) is 1. The molecule has 0 bridgehead atoms. The first kappa shape index (κ1) is 11.9. The molecular formula is C13H19NO. The van der Waals surface area contributed by atoms with Gasteiger partial charge in [0.1, 0.15) is 5.78 Å². The lowest BCUT2D eigenvalue weighted by atomic mass is 9.99. The standard InChI is InChI=1S/C13H19NO/c1-9-5-6-12(7-10(9)2)8-13(14-4)11(3)15/h5-7,13-14H,8H2,1-4H3. The fraction of sp³-hybridized carbons (Fsp3) is 0.462. The van der Waals surface area contributed by atoms with Crippen molar-refractivity contribution in [3.8, 4) is 0 Å². The smallest absolute Gasteiger partial charge is 0.147 e. The lowest BCUT2D eigenvalue weighted by molar-refractivity contribution is -0.118. The number of Topliss-reactive ketones (excluding diaryl/α,β-unsaturated/α-hetero) is 1. The van der Waals surface area contributed by atoms with Crippen molar-refractivity contribution in [1.29, 1.82) is 0 Å². The number of hydrogen-bond donors (Lipinski definition) is 1. The number of ketones is 1. The highest BCUT2D eigenvalue weighted by molar-refractivity contribution is 5.81. The van der Waals surface area contributed by atoms with Gasteiger partial charge in [0, 0.05) is 0 Å². The van der Waals surface area contributed by atoms with Crippen molar-refractivity contribution in [2.45, 2.75) is 33.2 Å². The second-order valence-corrected chi connectivity index (χ2v) is 4.07. The van der Waals surface area contributed by atoms with Crippen LogP contribution in [0.25, 0.3) is 0 Å². The van der Waals surface area contributed by atoms with Crippen molar-refractivity contribution >= 4 is 5.78 Å². The predicted octanol–water partition coefficient (Wildman–Crippen LogP) is 2.02. The Hall–Kier alpha value is -1.15. The van der Waals surface area contributed by atoms with E-state index in [0.717, 1.165) is 6.42 Å². The molecule has 15 heavy (non-hydrogen) atoms. The highest BCUT2D eigenvalue weighted by Gasteiger charge is 2.12. The molecule has 1 N–H and O–H groups in total. The Morgan fingerprint density at radius 1 is 1.33 bits per heavy atom. The maximum Gasteiger partial charge on any atom is 0.147 e. The summed E-state index contributed by atoms with van der Waals surface area (Å²) < 4.78 is 0. The first-order valence-corrected chi connectivity index (χ1v) is 5.28. The summed E-state index contributed by atoms with van der Waals surface area (Å²) in [5, 5.41) is 3.03. The van der Waals surface area contributed by atoms with Crippen molar-refractivity contribution in [2.75, 3.05) is 7.05 Å². The van der Waals surface area contributed by atoms with Crippen molar-refractivity contribution in [1.82, 2.24) is 5.32 Å². The van der Waals surface area contributed by atoms with Crippen LogP contribution < -0.4 is 5.32 Å². The average molecular weight is 205 g/mol. The summed E-state index contributed by atoms with van der Waals surface area (Å²) in [6.45, 7) is 5.82. The van der Waals surface area contributed by atoms with Crippen LogP contribution in [0.3, 0.4) is 0 Å². The van der Waals surface area contributed by atoms with Crippen LogP contribution in [0.5, 0.6) is 0 Å². The highest BCUT2D eigenvalue weighted by Crippen LogP contribution is 2.11. The van der Waals surface area contributed by atoms with Crippen LogP contribution in [-0.2, 0) is 11.2 Å². The van der Waals surface area contributed by atoms with Gasteiger partial charge in [-0.1, -0.05) is 18.2 Å². The van der Waals surface area contributed by atoms with Gasteiger partial charge in [0.25, 0.3) is 0 Å². The molecule has 0 saturated carbocycles. The minimum Gasteiger partial charge on any atom is -0.310 e. The van der Waals surface area contributed by atoms with E-state index < -0.39 is 0 Å². The molecular weight excluding hydrogens is 186 g/mol. The van der Waals surface area contributed by atoms with E-state index in [1.807, 2.05) is 7.05 Å². The van der Waals surface area contributed by atoms with E-state index >= 15 is 0 Å². The Labute approximate surface area is 91.7 Å². The highest BCUT2D eigenvalue weighted by atomic mass is 16.1. The van der Waals surface area contributed by atoms with E-state index in [1.165, 1.54) is 16.7 Å². The summed E-state index contributed by atoms with van der Waals surface area (Å²) in [6.07, 6.45) is 0.771. The third-order valence-electron chi connectivity index (χ3n) is 2.85. The van der Waals surface area contributed by atoms with Gasteiger partial charge in [-0.15, -0.1) is 0 Å². The fourth-order valence-electron chi connectivity index (χ4n) is 1.62. The molecule has 1 atom stereocenters. The fourth-order valence-corrected chi connectivity index (χ4v) is 1.62. The second-order valence-electron chi connectivity index (χ2n) is 4.07. The van der Waals surface area contributed by atoms with E-state index in [0.29, 0.717) is 0 Å². The van der Waals surface area contributed by atoms with Gasteiger partial charge in [-0.05, 0) is 50.9 Å². The quantitative estimate of drug-likeness (QED) is 0.814. The van der Waals surface area contributed by atoms with E-state index in [2.05, 4.69) is 37.4 Å². The number of aryl methyl sites for hydroxylation is 2. The van der Waals surface area contributed by atoms with Crippen LogP contribution in [-0.4, -0.2) is 18.9 Å². The number of carbonyl (C=O) groups is 1. The first-order chi connectivity index (χ1) is 7.04. The number of carbonyl (C=O) groups excluding carboxylic acids is 1. The van der Waals surface area contributed by atoms with Crippen LogP contribution in [0.15, 0.2) is 18.2 Å². The summed E-state index contributed by atoms with van der Waals surface area (Å²) >= 11 is 0. The maximum atomic E-state index is 11.3. The minimum absolute atomic E-state index is 0.0629. The van der Waals surface area contributed by atoms with Gasteiger partial charge in [-0.3, -0.25) is 4.79 Å². The molecule has 0 aliphatic heterocycles. The van der Waals surface area contributed by atoms with Gasteiger partial charge in [0.2, 0.25) is 0 Å². The predicted molar refractivity (Wildman–Crippen MR) is 63.1 cm³/mol. The summed E-state index contributed by atoms with van der Waals surface area (Å²) in [6, 6.07) is 6.29. The summed E-state index contributed by atoms with van der Waals surface area (Å²) in [5.41, 5.74) is 3.79. The lowest BCUT2D eigenvalue weighted by Crippen LogP contribution is -2.34.